The zero-order chi connectivity index (χ0) is 15.5. The van der Waals surface area contributed by atoms with Crippen molar-refractivity contribution < 1.29 is 13.2 Å². The average molecular weight is 378 g/mol. The van der Waals surface area contributed by atoms with Crippen LogP contribution in [0.3, 0.4) is 0 Å². The van der Waals surface area contributed by atoms with Crippen molar-refractivity contribution >= 4 is 26.0 Å². The minimum absolute atomic E-state index is 0.124. The Morgan fingerprint density at radius 2 is 2.29 bits per heavy atom. The molecule has 1 unspecified atom stereocenters. The molecule has 3 N–H and O–H groups in total. The van der Waals surface area contributed by atoms with Gasteiger partial charge in [0.05, 0.1) is 17.6 Å². The third kappa shape index (κ3) is 4.48. The summed E-state index contributed by atoms with van der Waals surface area (Å²) in [5, 5.41) is 0. The van der Waals surface area contributed by atoms with E-state index in [0.29, 0.717) is 17.6 Å². The van der Waals surface area contributed by atoms with Crippen LogP contribution in [0, 0.1) is 0 Å². The minimum atomic E-state index is -3.57. The van der Waals surface area contributed by atoms with Crippen LogP contribution in [0.15, 0.2) is 27.6 Å². The summed E-state index contributed by atoms with van der Waals surface area (Å²) in [6.45, 7) is 2.84. The zero-order valence-corrected chi connectivity index (χ0v) is 14.3. The molecule has 1 aliphatic rings. The SMILES string of the molecule is CN1CCOC(CNS(=O)(=O)c2ccc(CN)cc2Br)C1. The molecule has 21 heavy (non-hydrogen) atoms. The minimum Gasteiger partial charge on any atom is -0.374 e. The van der Waals surface area contributed by atoms with E-state index in [1.807, 2.05) is 7.05 Å². The van der Waals surface area contributed by atoms with Crippen LogP contribution >= 0.6 is 15.9 Å². The zero-order valence-electron chi connectivity index (χ0n) is 11.9. The van der Waals surface area contributed by atoms with Gasteiger partial charge in [0.1, 0.15) is 0 Å². The Bertz CT molecular complexity index is 594. The number of nitrogens with zero attached hydrogens (tertiary/aromatic N) is 1. The van der Waals surface area contributed by atoms with Gasteiger partial charge in [0, 0.05) is 30.7 Å². The van der Waals surface area contributed by atoms with Crippen LogP contribution in [-0.2, 0) is 21.3 Å². The maximum absolute atomic E-state index is 12.3. The number of morpholine rings is 1. The van der Waals surface area contributed by atoms with Crippen LogP contribution in [0.25, 0.3) is 0 Å². The van der Waals surface area contributed by atoms with Crippen LogP contribution in [0.4, 0.5) is 0 Å². The molecule has 0 radical (unpaired) electrons. The molecule has 0 saturated carbocycles. The van der Waals surface area contributed by atoms with Crippen LogP contribution in [0.2, 0.25) is 0 Å². The molecule has 0 aromatic heterocycles. The highest BCUT2D eigenvalue weighted by Crippen LogP contribution is 2.23. The van der Waals surface area contributed by atoms with E-state index in [0.717, 1.165) is 18.7 Å². The predicted molar refractivity (Wildman–Crippen MR) is 84.5 cm³/mol. The first-order valence-electron chi connectivity index (χ1n) is 6.70. The fraction of sp³-hybridized carbons (Fsp3) is 0.538. The van der Waals surface area contributed by atoms with Crippen molar-refractivity contribution in [2.75, 3.05) is 33.3 Å². The number of ether oxygens (including phenoxy) is 1. The third-order valence-electron chi connectivity index (χ3n) is 3.36. The molecule has 0 aliphatic carbocycles. The Morgan fingerprint density at radius 1 is 1.52 bits per heavy atom. The molecule has 1 aromatic rings. The fourth-order valence-corrected chi connectivity index (χ4v) is 4.35. The topological polar surface area (TPSA) is 84.7 Å². The number of nitrogens with one attached hydrogen (secondary N) is 1. The van der Waals surface area contributed by atoms with E-state index in [-0.39, 0.29) is 17.5 Å². The Morgan fingerprint density at radius 3 is 2.90 bits per heavy atom. The van der Waals surface area contributed by atoms with E-state index >= 15 is 0 Å². The molecule has 0 bridgehead atoms. The van der Waals surface area contributed by atoms with Gasteiger partial charge in [-0.25, -0.2) is 13.1 Å². The van der Waals surface area contributed by atoms with E-state index in [1.165, 1.54) is 0 Å². The highest BCUT2D eigenvalue weighted by atomic mass is 79.9. The first kappa shape index (κ1) is 16.9. The molecule has 1 atom stereocenters. The molecule has 0 spiro atoms. The monoisotopic (exact) mass is 377 g/mol. The molecule has 6 nitrogen and oxygen atoms in total. The summed E-state index contributed by atoms with van der Waals surface area (Å²) in [4.78, 5) is 2.33. The molecule has 118 valence electrons. The number of sulfonamides is 1. The van der Waals surface area contributed by atoms with Crippen LogP contribution in [0.1, 0.15) is 5.56 Å². The average Bonchev–Trinajstić information content (AvgIpc) is 2.45. The normalized spacial score (nSPS) is 20.6. The standard InChI is InChI=1S/C13H20BrN3O3S/c1-17-4-5-20-11(9-17)8-16-21(18,19)13-3-2-10(7-15)6-12(13)14/h2-3,6,11,16H,4-5,7-9,15H2,1H3. The van der Waals surface area contributed by atoms with Crippen LogP contribution in [-0.4, -0.2) is 52.7 Å². The Hall–Kier alpha value is -0.510. The van der Waals surface area contributed by atoms with Crippen LogP contribution in [0.5, 0.6) is 0 Å². The maximum Gasteiger partial charge on any atom is 0.241 e. The first-order valence-corrected chi connectivity index (χ1v) is 8.98. The molecule has 1 heterocycles. The smallest absolute Gasteiger partial charge is 0.241 e. The lowest BCUT2D eigenvalue weighted by molar-refractivity contribution is -0.0156. The van der Waals surface area contributed by atoms with Crippen molar-refractivity contribution in [1.29, 1.82) is 0 Å². The fourth-order valence-electron chi connectivity index (χ4n) is 2.16. The van der Waals surface area contributed by atoms with E-state index in [9.17, 15) is 8.42 Å². The van der Waals surface area contributed by atoms with Gasteiger partial charge < -0.3 is 15.4 Å². The molecular weight excluding hydrogens is 358 g/mol. The lowest BCUT2D eigenvalue weighted by atomic mass is 10.2. The van der Waals surface area contributed by atoms with Gasteiger partial charge in [0.2, 0.25) is 10.0 Å². The lowest BCUT2D eigenvalue weighted by Gasteiger charge is -2.30. The molecule has 1 fully saturated rings. The highest BCUT2D eigenvalue weighted by Gasteiger charge is 2.22. The van der Waals surface area contributed by atoms with Crippen molar-refractivity contribution in [3.8, 4) is 0 Å². The largest absolute Gasteiger partial charge is 0.374 e. The van der Waals surface area contributed by atoms with Crippen molar-refractivity contribution in [3.05, 3.63) is 28.2 Å². The number of nitrogens with two attached hydrogens (primary N) is 1. The van der Waals surface area contributed by atoms with Gasteiger partial charge in [-0.05, 0) is 40.7 Å². The second-order valence-electron chi connectivity index (χ2n) is 5.08. The summed E-state index contributed by atoms with van der Waals surface area (Å²) in [5.74, 6) is 0. The van der Waals surface area contributed by atoms with E-state index < -0.39 is 10.0 Å². The number of hydrogen-bond donors (Lipinski definition) is 2. The summed E-state index contributed by atoms with van der Waals surface area (Å²) in [5.41, 5.74) is 6.41. The van der Waals surface area contributed by atoms with E-state index in [2.05, 4.69) is 25.6 Å². The van der Waals surface area contributed by atoms with Crippen molar-refractivity contribution in [1.82, 2.24) is 9.62 Å². The third-order valence-corrected chi connectivity index (χ3v) is 5.76. The predicted octanol–water partition coefficient (Wildman–Crippen LogP) is 0.517. The van der Waals surface area contributed by atoms with Gasteiger partial charge in [-0.1, -0.05) is 6.07 Å². The number of rotatable bonds is 5. The van der Waals surface area contributed by atoms with E-state index in [1.54, 1.807) is 18.2 Å². The van der Waals surface area contributed by atoms with Gasteiger partial charge in [-0.3, -0.25) is 0 Å². The van der Waals surface area contributed by atoms with Gasteiger partial charge >= 0.3 is 0 Å². The molecule has 1 aromatic carbocycles. The molecule has 2 rings (SSSR count). The number of benzene rings is 1. The van der Waals surface area contributed by atoms with Gasteiger partial charge in [-0.15, -0.1) is 0 Å². The Labute approximate surface area is 133 Å². The number of likely N-dealkylation sites (N-methyl/N-ethyl adjacent to an activating group) is 1. The van der Waals surface area contributed by atoms with Gasteiger partial charge in [-0.2, -0.15) is 0 Å². The van der Waals surface area contributed by atoms with Gasteiger partial charge in [0.25, 0.3) is 0 Å². The summed E-state index contributed by atoms with van der Waals surface area (Å²) < 4.78 is 33.3. The van der Waals surface area contributed by atoms with Crippen molar-refractivity contribution in [2.45, 2.75) is 17.5 Å². The van der Waals surface area contributed by atoms with Crippen LogP contribution < -0.4 is 10.5 Å². The van der Waals surface area contributed by atoms with Crippen molar-refractivity contribution in [2.24, 2.45) is 5.73 Å². The summed E-state index contributed by atoms with van der Waals surface area (Å²) in [6, 6.07) is 4.99. The molecule has 1 saturated heterocycles. The molecule has 0 amide bonds. The summed E-state index contributed by atoms with van der Waals surface area (Å²) >= 11 is 3.29. The van der Waals surface area contributed by atoms with Gasteiger partial charge in [0.15, 0.2) is 0 Å². The Balaban J connectivity index is 2.04. The molecular formula is C13H20BrN3O3S. The summed E-state index contributed by atoms with van der Waals surface area (Å²) in [6.07, 6.45) is -0.124. The maximum atomic E-state index is 12.3. The second-order valence-corrected chi connectivity index (χ2v) is 7.67. The first-order chi connectivity index (χ1) is 9.92. The number of halogens is 1. The quantitative estimate of drug-likeness (QED) is 0.780. The summed E-state index contributed by atoms with van der Waals surface area (Å²) in [7, 11) is -1.58. The molecule has 1 aliphatic heterocycles. The number of hydrogen-bond acceptors (Lipinski definition) is 5. The second kappa shape index (κ2) is 7.17. The highest BCUT2D eigenvalue weighted by molar-refractivity contribution is 9.10. The molecule has 8 heteroatoms. The lowest BCUT2D eigenvalue weighted by Crippen LogP contribution is -2.45. The Kier molecular flexibility index (Phi) is 5.75. The van der Waals surface area contributed by atoms with E-state index in [4.69, 9.17) is 10.5 Å². The van der Waals surface area contributed by atoms with Crippen molar-refractivity contribution in [3.63, 3.8) is 0 Å².